The number of azide groups is 1. The van der Waals surface area contributed by atoms with Gasteiger partial charge in [-0.2, -0.15) is 8.78 Å². The summed E-state index contributed by atoms with van der Waals surface area (Å²) >= 11 is 0. The molecule has 0 N–H and O–H groups in total. The van der Waals surface area contributed by atoms with Crippen LogP contribution < -0.4 is 4.74 Å². The molecule has 0 aliphatic rings. The van der Waals surface area contributed by atoms with Gasteiger partial charge in [0.1, 0.15) is 5.75 Å². The smallest absolute Gasteiger partial charge is 0.387 e. The van der Waals surface area contributed by atoms with Gasteiger partial charge in [-0.05, 0) is 23.2 Å². The lowest BCUT2D eigenvalue weighted by Gasteiger charge is -2.07. The zero-order valence-electron chi connectivity index (χ0n) is 7.97. The van der Waals surface area contributed by atoms with Crippen LogP contribution in [0.4, 0.5) is 8.78 Å². The molecule has 1 atom stereocenters. The minimum absolute atomic E-state index is 0.0851. The van der Waals surface area contributed by atoms with Crippen LogP contribution in [-0.4, -0.2) is 6.61 Å². The highest BCUT2D eigenvalue weighted by atomic mass is 19.3. The molecule has 0 heterocycles. The van der Waals surface area contributed by atoms with Crippen molar-refractivity contribution in [2.45, 2.75) is 19.6 Å². The summed E-state index contributed by atoms with van der Waals surface area (Å²) in [6.45, 7) is -1.12. The minimum atomic E-state index is -2.83. The van der Waals surface area contributed by atoms with E-state index in [0.29, 0.717) is 0 Å². The number of hydrogen-bond acceptors (Lipinski definition) is 2. The van der Waals surface area contributed by atoms with E-state index in [1.807, 2.05) is 0 Å². The van der Waals surface area contributed by atoms with Gasteiger partial charge in [0.2, 0.25) is 0 Å². The number of hydrogen-bond donors (Lipinski definition) is 0. The Morgan fingerprint density at radius 3 is 2.40 bits per heavy atom. The summed E-state index contributed by atoms with van der Waals surface area (Å²) in [7, 11) is 0. The lowest BCUT2D eigenvalue weighted by Crippen LogP contribution is -2.01. The maximum atomic E-state index is 11.8. The monoisotopic (exact) mass is 213 g/mol. The molecule has 0 aliphatic carbocycles. The summed E-state index contributed by atoms with van der Waals surface area (Å²) in [5, 5.41) is 3.48. The Morgan fingerprint density at radius 1 is 1.33 bits per heavy atom. The molecule has 0 saturated heterocycles. The molecule has 0 radical (unpaired) electrons. The number of ether oxygens (including phenoxy) is 1. The molecule has 0 saturated carbocycles. The number of benzene rings is 1. The van der Waals surface area contributed by atoms with Crippen molar-refractivity contribution in [1.82, 2.24) is 0 Å². The topological polar surface area (TPSA) is 58.0 Å². The predicted octanol–water partition coefficient (Wildman–Crippen LogP) is 3.66. The first-order chi connectivity index (χ1) is 7.13. The Labute approximate surface area is 85.1 Å². The quantitative estimate of drug-likeness (QED) is 0.427. The molecule has 0 unspecified atom stereocenters. The van der Waals surface area contributed by atoms with E-state index in [0.717, 1.165) is 5.56 Å². The van der Waals surface area contributed by atoms with Crippen molar-refractivity contribution < 1.29 is 13.5 Å². The molecule has 1 rings (SSSR count). The Hall–Kier alpha value is -1.81. The number of nitrogens with zero attached hydrogens (tertiary/aromatic N) is 3. The van der Waals surface area contributed by atoms with E-state index >= 15 is 0 Å². The highest BCUT2D eigenvalue weighted by Crippen LogP contribution is 2.21. The Morgan fingerprint density at radius 2 is 1.93 bits per heavy atom. The van der Waals surface area contributed by atoms with Crippen LogP contribution in [0.2, 0.25) is 0 Å². The molecule has 0 bridgehead atoms. The van der Waals surface area contributed by atoms with Crippen molar-refractivity contribution in [2.75, 3.05) is 0 Å². The Bertz CT molecular complexity index is 360. The Balaban J connectivity index is 2.75. The van der Waals surface area contributed by atoms with Crippen LogP contribution in [-0.2, 0) is 0 Å². The highest BCUT2D eigenvalue weighted by Gasteiger charge is 2.05. The molecule has 15 heavy (non-hydrogen) atoms. The second-order valence-electron chi connectivity index (χ2n) is 2.83. The van der Waals surface area contributed by atoms with E-state index in [4.69, 9.17) is 5.53 Å². The highest BCUT2D eigenvalue weighted by molar-refractivity contribution is 5.28. The van der Waals surface area contributed by atoms with Gasteiger partial charge < -0.3 is 4.74 Å². The van der Waals surface area contributed by atoms with Crippen LogP contribution in [0.25, 0.3) is 10.4 Å². The van der Waals surface area contributed by atoms with Gasteiger partial charge in [-0.25, -0.2) is 0 Å². The zero-order valence-corrected chi connectivity index (χ0v) is 7.97. The van der Waals surface area contributed by atoms with E-state index < -0.39 is 6.61 Å². The van der Waals surface area contributed by atoms with E-state index in [2.05, 4.69) is 14.8 Å². The van der Waals surface area contributed by atoms with Gasteiger partial charge in [-0.3, -0.25) is 0 Å². The van der Waals surface area contributed by atoms with Crippen LogP contribution in [0.1, 0.15) is 18.5 Å². The molecule has 0 fully saturated rings. The summed E-state index contributed by atoms with van der Waals surface area (Å²) < 4.78 is 27.8. The van der Waals surface area contributed by atoms with Crippen LogP contribution in [0.5, 0.6) is 5.75 Å². The fraction of sp³-hybridized carbons (Fsp3) is 0.333. The fourth-order valence-corrected chi connectivity index (χ4v) is 1.07. The lowest BCUT2D eigenvalue weighted by atomic mass is 10.1. The molecule has 1 aromatic rings. The van der Waals surface area contributed by atoms with Crippen LogP contribution in [0.15, 0.2) is 29.4 Å². The molecule has 0 aliphatic heterocycles. The molecular weight excluding hydrogens is 204 g/mol. The van der Waals surface area contributed by atoms with E-state index in [1.54, 1.807) is 19.1 Å². The van der Waals surface area contributed by atoms with Gasteiger partial charge in [0.05, 0.1) is 6.04 Å². The molecule has 6 heteroatoms. The summed E-state index contributed by atoms with van der Waals surface area (Å²) in [5.41, 5.74) is 8.95. The first kappa shape index (κ1) is 11.3. The third-order valence-electron chi connectivity index (χ3n) is 1.81. The van der Waals surface area contributed by atoms with Crippen LogP contribution in [0, 0.1) is 0 Å². The first-order valence-corrected chi connectivity index (χ1v) is 4.22. The third kappa shape index (κ3) is 3.44. The SMILES string of the molecule is C[C@@H](N=[N+]=[N-])c1ccc(OC(F)F)cc1. The minimum Gasteiger partial charge on any atom is -0.435 e. The standard InChI is InChI=1S/C9H9F2N3O/c1-6(13-14-12)7-2-4-8(5-3-7)15-9(10)11/h2-6,9H,1H3/t6-/m1/s1. The second kappa shape index (κ2) is 5.17. The van der Waals surface area contributed by atoms with Gasteiger partial charge in [-0.15, -0.1) is 0 Å². The van der Waals surface area contributed by atoms with Crippen molar-refractivity contribution in [3.8, 4) is 5.75 Å². The van der Waals surface area contributed by atoms with Gasteiger partial charge >= 0.3 is 6.61 Å². The second-order valence-corrected chi connectivity index (χ2v) is 2.83. The fourth-order valence-electron chi connectivity index (χ4n) is 1.07. The largest absolute Gasteiger partial charge is 0.435 e. The molecule has 80 valence electrons. The lowest BCUT2D eigenvalue weighted by molar-refractivity contribution is -0.0498. The summed E-state index contributed by atoms with van der Waals surface area (Å²) in [5.74, 6) is 0.0851. The zero-order chi connectivity index (χ0) is 11.3. The summed E-state index contributed by atoms with van der Waals surface area (Å²) in [6.07, 6.45) is 0. The van der Waals surface area contributed by atoms with Crippen molar-refractivity contribution in [1.29, 1.82) is 0 Å². The van der Waals surface area contributed by atoms with Crippen molar-refractivity contribution in [2.24, 2.45) is 5.11 Å². The molecule has 0 amide bonds. The predicted molar refractivity (Wildman–Crippen MR) is 50.6 cm³/mol. The molecule has 4 nitrogen and oxygen atoms in total. The van der Waals surface area contributed by atoms with E-state index in [1.165, 1.54) is 12.1 Å². The average Bonchev–Trinajstić information content (AvgIpc) is 2.18. The number of alkyl halides is 2. The molecule has 0 spiro atoms. The average molecular weight is 213 g/mol. The van der Waals surface area contributed by atoms with Crippen LogP contribution >= 0.6 is 0 Å². The molecule has 0 aromatic heterocycles. The normalized spacial score (nSPS) is 12.0. The van der Waals surface area contributed by atoms with Crippen LogP contribution in [0.3, 0.4) is 0 Å². The van der Waals surface area contributed by atoms with E-state index in [-0.39, 0.29) is 11.8 Å². The van der Waals surface area contributed by atoms with Gasteiger partial charge in [0.25, 0.3) is 0 Å². The van der Waals surface area contributed by atoms with Crippen molar-refractivity contribution in [3.05, 3.63) is 40.3 Å². The van der Waals surface area contributed by atoms with Gasteiger partial charge in [0, 0.05) is 4.91 Å². The third-order valence-corrected chi connectivity index (χ3v) is 1.81. The first-order valence-electron chi connectivity index (χ1n) is 4.22. The molecular formula is C9H9F2N3O. The maximum Gasteiger partial charge on any atom is 0.387 e. The van der Waals surface area contributed by atoms with Crippen molar-refractivity contribution >= 4 is 0 Å². The number of rotatable bonds is 4. The molecule has 1 aromatic carbocycles. The van der Waals surface area contributed by atoms with Crippen molar-refractivity contribution in [3.63, 3.8) is 0 Å². The summed E-state index contributed by atoms with van der Waals surface area (Å²) in [6, 6.07) is 5.65. The van der Waals surface area contributed by atoms with E-state index in [9.17, 15) is 8.78 Å². The maximum absolute atomic E-state index is 11.8. The van der Waals surface area contributed by atoms with Gasteiger partial charge in [0.15, 0.2) is 0 Å². The Kier molecular flexibility index (Phi) is 3.88. The van der Waals surface area contributed by atoms with Gasteiger partial charge in [-0.1, -0.05) is 24.2 Å². The number of halogens is 2. The summed E-state index contributed by atoms with van der Waals surface area (Å²) in [4.78, 5) is 2.66.